The third kappa shape index (κ3) is 9.19. The van der Waals surface area contributed by atoms with Crippen molar-refractivity contribution < 1.29 is 4.92 Å². The summed E-state index contributed by atoms with van der Waals surface area (Å²) in [5.41, 5.74) is 1.06. The maximum absolute atomic E-state index is 10.1. The van der Waals surface area contributed by atoms with Crippen molar-refractivity contribution in [2.24, 2.45) is 0 Å². The lowest BCUT2D eigenvalue weighted by Crippen LogP contribution is -2.00. The lowest BCUT2D eigenvalue weighted by Gasteiger charge is -1.97. The highest BCUT2D eigenvalue weighted by atomic mass is 16.6. The van der Waals surface area contributed by atoms with Gasteiger partial charge < -0.3 is 0 Å². The number of rotatable bonds is 9. The zero-order valence-electron chi connectivity index (χ0n) is 10.0. The normalized spacial score (nSPS) is 11.9. The minimum atomic E-state index is -0.280. The Morgan fingerprint density at radius 2 is 2.19 bits per heavy atom. The van der Waals surface area contributed by atoms with Gasteiger partial charge in [-0.2, -0.15) is 0 Å². The van der Waals surface area contributed by atoms with Crippen LogP contribution in [0.2, 0.25) is 0 Å². The van der Waals surface area contributed by atoms with Gasteiger partial charge in [0.2, 0.25) is 6.54 Å². The van der Waals surface area contributed by atoms with Gasteiger partial charge >= 0.3 is 0 Å². The van der Waals surface area contributed by atoms with Gasteiger partial charge in [-0.1, -0.05) is 50.6 Å². The first-order chi connectivity index (χ1) is 7.70. The van der Waals surface area contributed by atoms with Gasteiger partial charge in [-0.25, -0.2) is 0 Å². The van der Waals surface area contributed by atoms with E-state index in [1.54, 1.807) is 6.08 Å². The molecule has 0 aromatic carbocycles. The van der Waals surface area contributed by atoms with Crippen molar-refractivity contribution >= 4 is 0 Å². The Balaban J connectivity index is 3.87. The molecule has 0 aromatic heterocycles. The quantitative estimate of drug-likeness (QED) is 0.257. The van der Waals surface area contributed by atoms with E-state index in [2.05, 4.69) is 19.6 Å². The molecule has 0 saturated heterocycles. The largest absolute Gasteiger partial charge is 0.265 e. The van der Waals surface area contributed by atoms with E-state index in [9.17, 15) is 10.1 Å². The van der Waals surface area contributed by atoms with Crippen molar-refractivity contribution in [1.29, 1.82) is 0 Å². The number of hydrogen-bond acceptors (Lipinski definition) is 2. The molecule has 0 rings (SSSR count). The van der Waals surface area contributed by atoms with Crippen LogP contribution < -0.4 is 0 Å². The highest BCUT2D eigenvalue weighted by Crippen LogP contribution is 2.07. The van der Waals surface area contributed by atoms with Crippen LogP contribution >= 0.6 is 0 Å². The van der Waals surface area contributed by atoms with Gasteiger partial charge in [0.1, 0.15) is 0 Å². The molecule has 0 spiro atoms. The smallest absolute Gasteiger partial charge is 0.204 e. The molecule has 0 aliphatic rings. The molecule has 0 aromatic rings. The fourth-order valence-electron chi connectivity index (χ4n) is 1.28. The molecule has 0 bridgehead atoms. The maximum atomic E-state index is 10.1. The number of hydrogen-bond donors (Lipinski definition) is 0. The second-order valence-corrected chi connectivity index (χ2v) is 3.68. The van der Waals surface area contributed by atoms with Gasteiger partial charge in [0.25, 0.3) is 0 Å². The summed E-state index contributed by atoms with van der Waals surface area (Å²) >= 11 is 0. The zero-order chi connectivity index (χ0) is 12.2. The van der Waals surface area contributed by atoms with E-state index in [0.717, 1.165) is 18.4 Å². The lowest BCUT2D eigenvalue weighted by atomic mass is 10.1. The molecule has 0 saturated carbocycles. The highest BCUT2D eigenvalue weighted by Gasteiger charge is 1.97. The van der Waals surface area contributed by atoms with Crippen LogP contribution in [0, 0.1) is 10.1 Å². The first-order valence-electron chi connectivity index (χ1n) is 5.80. The molecule has 0 unspecified atom stereocenters. The second kappa shape index (κ2) is 10.1. The van der Waals surface area contributed by atoms with Gasteiger partial charge in [0, 0.05) is 11.3 Å². The summed E-state index contributed by atoms with van der Waals surface area (Å²) in [7, 11) is 0. The Morgan fingerprint density at radius 1 is 1.44 bits per heavy atom. The van der Waals surface area contributed by atoms with Gasteiger partial charge in [-0.3, -0.25) is 10.1 Å². The Morgan fingerprint density at radius 3 is 2.75 bits per heavy atom. The monoisotopic (exact) mass is 223 g/mol. The summed E-state index contributed by atoms with van der Waals surface area (Å²) in [6, 6.07) is 0. The molecular weight excluding hydrogens is 202 g/mol. The molecule has 3 nitrogen and oxygen atoms in total. The van der Waals surface area contributed by atoms with Gasteiger partial charge in [0.15, 0.2) is 0 Å². The molecule has 0 N–H and O–H groups in total. The van der Waals surface area contributed by atoms with Crippen molar-refractivity contribution in [3.05, 3.63) is 46.6 Å². The summed E-state index contributed by atoms with van der Waals surface area (Å²) < 4.78 is 0. The van der Waals surface area contributed by atoms with Crippen LogP contribution in [0.5, 0.6) is 0 Å². The van der Waals surface area contributed by atoms with Gasteiger partial charge in [-0.15, -0.1) is 0 Å². The molecule has 90 valence electrons. The van der Waals surface area contributed by atoms with Crippen molar-refractivity contribution in [2.75, 3.05) is 6.54 Å². The van der Waals surface area contributed by atoms with Crippen LogP contribution in [0.15, 0.2) is 36.5 Å². The molecule has 0 atom stereocenters. The maximum Gasteiger partial charge on any atom is 0.204 e. The van der Waals surface area contributed by atoms with Gasteiger partial charge in [-0.05, 0) is 18.4 Å². The third-order valence-corrected chi connectivity index (χ3v) is 2.24. The first-order valence-corrected chi connectivity index (χ1v) is 5.80. The summed E-state index contributed by atoms with van der Waals surface area (Å²) in [5.74, 6) is 0. The Kier molecular flexibility index (Phi) is 9.27. The number of nitrogens with zero attached hydrogens (tertiary/aromatic N) is 1. The van der Waals surface area contributed by atoms with E-state index in [1.165, 1.54) is 12.8 Å². The lowest BCUT2D eigenvalue weighted by molar-refractivity contribution is -0.480. The van der Waals surface area contributed by atoms with Crippen LogP contribution in [0.3, 0.4) is 0 Å². The summed E-state index contributed by atoms with van der Waals surface area (Å²) in [5, 5.41) is 10.1. The highest BCUT2D eigenvalue weighted by molar-refractivity contribution is 5.21. The Bertz CT molecular complexity index is 267. The van der Waals surface area contributed by atoms with E-state index < -0.39 is 0 Å². The standard InChI is InChI=1S/C13H21NO2/c1-3-5-6-7-8-10-13(4-2)11-9-12-14(15)16/h4,7-8,10H,2-3,5-6,9,11-12H2,1H3/b8-7+,13-10+. The number of unbranched alkanes of at least 4 members (excludes halogenated alkanes) is 2. The van der Waals surface area contributed by atoms with Crippen molar-refractivity contribution in [1.82, 2.24) is 0 Å². The zero-order valence-corrected chi connectivity index (χ0v) is 10.0. The van der Waals surface area contributed by atoms with Crippen LogP contribution in [0.25, 0.3) is 0 Å². The Labute approximate surface area is 97.7 Å². The van der Waals surface area contributed by atoms with Crippen molar-refractivity contribution in [3.8, 4) is 0 Å². The third-order valence-electron chi connectivity index (χ3n) is 2.24. The fourth-order valence-corrected chi connectivity index (χ4v) is 1.28. The molecule has 0 aliphatic heterocycles. The average molecular weight is 223 g/mol. The Hall–Kier alpha value is -1.38. The summed E-state index contributed by atoms with van der Waals surface area (Å²) in [6.45, 7) is 5.90. The van der Waals surface area contributed by atoms with E-state index in [-0.39, 0.29) is 11.5 Å². The minimum absolute atomic E-state index is 0.0325. The molecule has 0 amide bonds. The molecule has 0 radical (unpaired) electrons. The fraction of sp³-hybridized carbons (Fsp3) is 0.538. The predicted molar refractivity (Wildman–Crippen MR) is 68.0 cm³/mol. The van der Waals surface area contributed by atoms with Crippen LogP contribution in [-0.4, -0.2) is 11.5 Å². The average Bonchev–Trinajstić information content (AvgIpc) is 2.26. The van der Waals surface area contributed by atoms with Crippen molar-refractivity contribution in [2.45, 2.75) is 39.0 Å². The molecule has 0 heterocycles. The van der Waals surface area contributed by atoms with E-state index in [0.29, 0.717) is 6.42 Å². The molecular formula is C13H21NO2. The van der Waals surface area contributed by atoms with E-state index in [4.69, 9.17) is 0 Å². The van der Waals surface area contributed by atoms with E-state index >= 15 is 0 Å². The second-order valence-electron chi connectivity index (χ2n) is 3.68. The molecule has 16 heavy (non-hydrogen) atoms. The predicted octanol–water partition coefficient (Wildman–Crippen LogP) is 3.90. The molecule has 3 heteroatoms. The van der Waals surface area contributed by atoms with Gasteiger partial charge in [0.05, 0.1) is 0 Å². The van der Waals surface area contributed by atoms with Crippen LogP contribution in [0.1, 0.15) is 39.0 Å². The van der Waals surface area contributed by atoms with Crippen LogP contribution in [-0.2, 0) is 0 Å². The van der Waals surface area contributed by atoms with Crippen LogP contribution in [0.4, 0.5) is 0 Å². The summed E-state index contributed by atoms with van der Waals surface area (Å²) in [4.78, 5) is 9.87. The minimum Gasteiger partial charge on any atom is -0.265 e. The molecule has 0 aliphatic carbocycles. The molecule has 0 fully saturated rings. The summed E-state index contributed by atoms with van der Waals surface area (Å²) in [6.07, 6.45) is 12.7. The number of allylic oxidation sites excluding steroid dienone is 5. The van der Waals surface area contributed by atoms with E-state index in [1.807, 2.05) is 12.2 Å². The number of nitro groups is 1. The SMILES string of the molecule is C=C/C(=C\C=C\CCCC)CCC[N+](=O)[O-]. The van der Waals surface area contributed by atoms with Crippen molar-refractivity contribution in [3.63, 3.8) is 0 Å². The first kappa shape index (κ1) is 14.6. The topological polar surface area (TPSA) is 43.1 Å².